The first-order valence-electron chi connectivity index (χ1n) is 9.13. The van der Waals surface area contributed by atoms with Crippen LogP contribution in [0, 0.1) is 0 Å². The van der Waals surface area contributed by atoms with Crippen molar-refractivity contribution in [2.75, 3.05) is 25.6 Å². The second kappa shape index (κ2) is 9.32. The Kier molecular flexibility index (Phi) is 6.60. The van der Waals surface area contributed by atoms with E-state index < -0.39 is 0 Å². The summed E-state index contributed by atoms with van der Waals surface area (Å²) in [5.41, 5.74) is 2.68. The summed E-state index contributed by atoms with van der Waals surface area (Å²) >= 11 is 1.52. The molecule has 7 heteroatoms. The molecule has 3 rings (SSSR count). The van der Waals surface area contributed by atoms with Crippen LogP contribution in [0.2, 0.25) is 0 Å². The molecule has 1 N–H and O–H groups in total. The molecule has 0 aliphatic carbocycles. The van der Waals surface area contributed by atoms with Crippen molar-refractivity contribution in [2.45, 2.75) is 19.9 Å². The first-order chi connectivity index (χ1) is 13.6. The largest absolute Gasteiger partial charge is 0.493 e. The van der Waals surface area contributed by atoms with Gasteiger partial charge in [0.15, 0.2) is 0 Å². The van der Waals surface area contributed by atoms with Crippen LogP contribution in [0.4, 0.5) is 5.82 Å². The van der Waals surface area contributed by atoms with Crippen LogP contribution in [0.15, 0.2) is 48.0 Å². The van der Waals surface area contributed by atoms with Crippen molar-refractivity contribution in [3.05, 3.63) is 59.2 Å². The first-order valence-corrected chi connectivity index (χ1v) is 10.0. The number of rotatable bonds is 8. The van der Waals surface area contributed by atoms with Gasteiger partial charge in [-0.15, -0.1) is 11.3 Å². The van der Waals surface area contributed by atoms with E-state index in [1.54, 1.807) is 6.20 Å². The molecular formula is C21H24N4O2S. The highest BCUT2D eigenvalue weighted by molar-refractivity contribution is 7.13. The predicted octanol–water partition coefficient (Wildman–Crippen LogP) is 3.53. The number of thiazole rings is 1. The fourth-order valence-electron chi connectivity index (χ4n) is 2.83. The summed E-state index contributed by atoms with van der Waals surface area (Å²) in [7, 11) is 3.87. The highest BCUT2D eigenvalue weighted by Gasteiger charge is 2.13. The number of ether oxygens (including phenoxy) is 1. The molecule has 0 bridgehead atoms. The zero-order valence-electron chi connectivity index (χ0n) is 16.3. The molecule has 1 amide bonds. The zero-order chi connectivity index (χ0) is 19.9. The van der Waals surface area contributed by atoms with Crippen LogP contribution in [0.3, 0.4) is 0 Å². The SMILES string of the molecule is CCOc1ccccc1-c1nc(CC(=O)NCc2cccnc2N(C)C)cs1. The third-order valence-corrected chi connectivity index (χ3v) is 5.00. The lowest BCUT2D eigenvalue weighted by Gasteiger charge is -2.16. The van der Waals surface area contributed by atoms with E-state index >= 15 is 0 Å². The standard InChI is InChI=1S/C21H24N4O2S/c1-4-27-18-10-6-5-9-17(18)21-24-16(14-28-21)12-19(26)23-13-15-8-7-11-22-20(15)25(2)3/h5-11,14H,4,12-13H2,1-3H3,(H,23,26). The van der Waals surface area contributed by atoms with Crippen LogP contribution in [0.1, 0.15) is 18.2 Å². The molecule has 146 valence electrons. The average molecular weight is 397 g/mol. The Hall–Kier alpha value is -2.93. The van der Waals surface area contributed by atoms with E-state index in [0.29, 0.717) is 13.2 Å². The minimum absolute atomic E-state index is 0.0662. The zero-order valence-corrected chi connectivity index (χ0v) is 17.1. The molecule has 0 radical (unpaired) electrons. The molecule has 0 aliphatic heterocycles. The van der Waals surface area contributed by atoms with Crippen LogP contribution in [-0.4, -0.2) is 36.6 Å². The van der Waals surface area contributed by atoms with E-state index in [1.165, 1.54) is 11.3 Å². The molecule has 1 aromatic carbocycles. The number of carbonyl (C=O) groups excluding carboxylic acids is 1. The van der Waals surface area contributed by atoms with Crippen LogP contribution in [-0.2, 0) is 17.8 Å². The van der Waals surface area contributed by atoms with Gasteiger partial charge in [0.2, 0.25) is 5.91 Å². The maximum absolute atomic E-state index is 12.4. The number of aromatic nitrogens is 2. The van der Waals surface area contributed by atoms with Crippen molar-refractivity contribution in [3.8, 4) is 16.3 Å². The Morgan fingerprint density at radius 1 is 1.21 bits per heavy atom. The number of pyridine rings is 1. The number of para-hydroxylation sites is 1. The van der Waals surface area contributed by atoms with E-state index in [9.17, 15) is 4.79 Å². The molecule has 0 saturated heterocycles. The number of hydrogen-bond donors (Lipinski definition) is 1. The van der Waals surface area contributed by atoms with Gasteiger partial charge >= 0.3 is 0 Å². The molecule has 0 spiro atoms. The van der Waals surface area contributed by atoms with Gasteiger partial charge in [-0.25, -0.2) is 9.97 Å². The fraction of sp³-hybridized carbons (Fsp3) is 0.286. The highest BCUT2D eigenvalue weighted by atomic mass is 32.1. The third-order valence-electron chi connectivity index (χ3n) is 4.08. The summed E-state index contributed by atoms with van der Waals surface area (Å²) in [5, 5.41) is 5.74. The lowest BCUT2D eigenvalue weighted by Crippen LogP contribution is -2.26. The van der Waals surface area contributed by atoms with Gasteiger partial charge in [0, 0.05) is 37.8 Å². The molecule has 0 unspecified atom stereocenters. The van der Waals surface area contributed by atoms with E-state index in [1.807, 2.05) is 67.7 Å². The Morgan fingerprint density at radius 2 is 2.04 bits per heavy atom. The van der Waals surface area contributed by atoms with Crippen molar-refractivity contribution in [2.24, 2.45) is 0 Å². The van der Waals surface area contributed by atoms with Crippen molar-refractivity contribution in [1.82, 2.24) is 15.3 Å². The number of nitrogens with one attached hydrogen (secondary N) is 1. The molecule has 0 atom stereocenters. The predicted molar refractivity (Wildman–Crippen MR) is 113 cm³/mol. The van der Waals surface area contributed by atoms with Crippen LogP contribution >= 0.6 is 11.3 Å². The Labute approximate surface area is 169 Å². The van der Waals surface area contributed by atoms with Gasteiger partial charge in [0.25, 0.3) is 0 Å². The van der Waals surface area contributed by atoms with Crippen molar-refractivity contribution >= 4 is 23.1 Å². The number of amides is 1. The molecule has 6 nitrogen and oxygen atoms in total. The summed E-state index contributed by atoms with van der Waals surface area (Å²) in [6.07, 6.45) is 1.99. The molecule has 28 heavy (non-hydrogen) atoms. The molecule has 3 aromatic rings. The number of benzene rings is 1. The maximum Gasteiger partial charge on any atom is 0.226 e. The molecule has 0 fully saturated rings. The van der Waals surface area contributed by atoms with Gasteiger partial charge in [-0.05, 0) is 25.1 Å². The van der Waals surface area contributed by atoms with Crippen molar-refractivity contribution in [1.29, 1.82) is 0 Å². The minimum Gasteiger partial charge on any atom is -0.493 e. The monoisotopic (exact) mass is 396 g/mol. The lowest BCUT2D eigenvalue weighted by atomic mass is 10.2. The maximum atomic E-state index is 12.4. The third kappa shape index (κ3) is 4.86. The summed E-state index contributed by atoms with van der Waals surface area (Å²) < 4.78 is 5.68. The number of carbonyl (C=O) groups is 1. The van der Waals surface area contributed by atoms with Crippen LogP contribution in [0.5, 0.6) is 5.75 Å². The lowest BCUT2D eigenvalue weighted by molar-refractivity contribution is -0.120. The Balaban J connectivity index is 1.64. The van der Waals surface area contributed by atoms with Crippen molar-refractivity contribution < 1.29 is 9.53 Å². The highest BCUT2D eigenvalue weighted by Crippen LogP contribution is 2.32. The van der Waals surface area contributed by atoms with E-state index in [0.717, 1.165) is 33.4 Å². The Morgan fingerprint density at radius 3 is 2.82 bits per heavy atom. The fourth-order valence-corrected chi connectivity index (χ4v) is 3.68. The normalized spacial score (nSPS) is 10.5. The van der Waals surface area contributed by atoms with Crippen LogP contribution in [0.25, 0.3) is 10.6 Å². The first kappa shape index (κ1) is 19.8. The van der Waals surface area contributed by atoms with Gasteiger partial charge < -0.3 is 15.0 Å². The summed E-state index contributed by atoms with van der Waals surface area (Å²) in [6, 6.07) is 11.7. The van der Waals surface area contributed by atoms with E-state index in [4.69, 9.17) is 4.74 Å². The second-order valence-corrected chi connectivity index (χ2v) is 7.27. The van der Waals surface area contributed by atoms with Crippen LogP contribution < -0.4 is 15.0 Å². The van der Waals surface area contributed by atoms with E-state index in [2.05, 4.69) is 15.3 Å². The van der Waals surface area contributed by atoms with E-state index in [-0.39, 0.29) is 12.3 Å². The molecule has 0 aliphatic rings. The number of hydrogen-bond acceptors (Lipinski definition) is 6. The minimum atomic E-state index is -0.0662. The topological polar surface area (TPSA) is 67.3 Å². The molecule has 0 saturated carbocycles. The van der Waals surface area contributed by atoms with Gasteiger partial charge in [0.1, 0.15) is 16.6 Å². The number of nitrogens with zero attached hydrogens (tertiary/aromatic N) is 3. The number of anilines is 1. The molecular weight excluding hydrogens is 372 g/mol. The van der Waals surface area contributed by atoms with Gasteiger partial charge in [-0.2, -0.15) is 0 Å². The second-order valence-electron chi connectivity index (χ2n) is 6.41. The van der Waals surface area contributed by atoms with Gasteiger partial charge in [0.05, 0.1) is 24.3 Å². The van der Waals surface area contributed by atoms with Gasteiger partial charge in [-0.1, -0.05) is 18.2 Å². The average Bonchev–Trinajstić information content (AvgIpc) is 3.15. The summed E-state index contributed by atoms with van der Waals surface area (Å²) in [6.45, 7) is 2.99. The quantitative estimate of drug-likeness (QED) is 0.631. The molecule has 2 heterocycles. The summed E-state index contributed by atoms with van der Waals surface area (Å²) in [4.78, 5) is 23.3. The Bertz CT molecular complexity index is 939. The smallest absolute Gasteiger partial charge is 0.226 e. The van der Waals surface area contributed by atoms with Gasteiger partial charge in [-0.3, -0.25) is 4.79 Å². The van der Waals surface area contributed by atoms with Crippen molar-refractivity contribution in [3.63, 3.8) is 0 Å². The summed E-state index contributed by atoms with van der Waals surface area (Å²) in [5.74, 6) is 1.60. The molecule has 2 aromatic heterocycles.